The van der Waals surface area contributed by atoms with Gasteiger partial charge in [-0.05, 0) is 39.7 Å². The number of nitrogens with one attached hydrogen (secondary N) is 1. The van der Waals surface area contributed by atoms with Crippen molar-refractivity contribution in [3.8, 4) is 0 Å². The predicted molar refractivity (Wildman–Crippen MR) is 94.7 cm³/mol. The lowest BCUT2D eigenvalue weighted by molar-refractivity contribution is 0.102. The third-order valence-electron chi connectivity index (χ3n) is 4.23. The number of hydrogen-bond donors (Lipinski definition) is 1. The van der Waals surface area contributed by atoms with E-state index in [2.05, 4.69) is 34.2 Å². The molecule has 4 rings (SSSR count). The SMILES string of the molecule is Cc1nc2c(cnn2C(C)C)cc1C(=O)Nc1nc(C2CC2)cs1. The van der Waals surface area contributed by atoms with Crippen molar-refractivity contribution in [1.82, 2.24) is 19.7 Å². The zero-order valence-electron chi connectivity index (χ0n) is 13.9. The summed E-state index contributed by atoms with van der Waals surface area (Å²) >= 11 is 1.48. The minimum absolute atomic E-state index is 0.170. The fourth-order valence-corrected chi connectivity index (χ4v) is 3.54. The summed E-state index contributed by atoms with van der Waals surface area (Å²) in [4.78, 5) is 21.7. The lowest BCUT2D eigenvalue weighted by atomic mass is 10.1. The van der Waals surface area contributed by atoms with Crippen molar-refractivity contribution in [3.63, 3.8) is 0 Å². The standard InChI is InChI=1S/C17H19N5OS/c1-9(2)22-15-12(7-18-22)6-13(10(3)19-15)16(23)21-17-20-14(8-24-17)11-4-5-11/h6-9,11H,4-5H2,1-3H3,(H,20,21,23). The van der Waals surface area contributed by atoms with Crippen LogP contribution in [0.3, 0.4) is 0 Å². The van der Waals surface area contributed by atoms with Crippen LogP contribution >= 0.6 is 11.3 Å². The van der Waals surface area contributed by atoms with Gasteiger partial charge < -0.3 is 0 Å². The number of pyridine rings is 1. The van der Waals surface area contributed by atoms with Crippen LogP contribution in [0.25, 0.3) is 11.0 Å². The summed E-state index contributed by atoms with van der Waals surface area (Å²) in [6.45, 7) is 5.97. The minimum atomic E-state index is -0.170. The molecule has 0 atom stereocenters. The molecule has 3 heterocycles. The second kappa shape index (κ2) is 5.66. The fraction of sp³-hybridized carbons (Fsp3) is 0.412. The van der Waals surface area contributed by atoms with Gasteiger partial charge >= 0.3 is 0 Å². The number of aromatic nitrogens is 4. The predicted octanol–water partition coefficient (Wildman–Crippen LogP) is 3.91. The van der Waals surface area contributed by atoms with Crippen molar-refractivity contribution >= 4 is 33.4 Å². The van der Waals surface area contributed by atoms with E-state index in [-0.39, 0.29) is 11.9 Å². The van der Waals surface area contributed by atoms with Crippen LogP contribution in [-0.2, 0) is 0 Å². The molecule has 3 aromatic heterocycles. The number of carbonyl (C=O) groups excluding carboxylic acids is 1. The summed E-state index contributed by atoms with van der Waals surface area (Å²) < 4.78 is 1.87. The Balaban J connectivity index is 1.62. The first-order valence-corrected chi connectivity index (χ1v) is 9.02. The van der Waals surface area contributed by atoms with E-state index < -0.39 is 0 Å². The summed E-state index contributed by atoms with van der Waals surface area (Å²) in [5.41, 5.74) is 3.17. The molecule has 1 aliphatic rings. The van der Waals surface area contributed by atoms with Gasteiger partial charge in [0.05, 0.1) is 23.1 Å². The Morgan fingerprint density at radius 1 is 1.38 bits per heavy atom. The van der Waals surface area contributed by atoms with E-state index in [0.29, 0.717) is 22.3 Å². The molecule has 24 heavy (non-hydrogen) atoms. The van der Waals surface area contributed by atoms with Crippen LogP contribution in [0.5, 0.6) is 0 Å². The molecule has 1 aliphatic carbocycles. The fourth-order valence-electron chi connectivity index (χ4n) is 2.75. The van der Waals surface area contributed by atoms with E-state index in [9.17, 15) is 4.79 Å². The van der Waals surface area contributed by atoms with Crippen molar-refractivity contribution in [2.24, 2.45) is 0 Å². The monoisotopic (exact) mass is 341 g/mol. The van der Waals surface area contributed by atoms with Crippen molar-refractivity contribution in [2.45, 2.75) is 45.6 Å². The average Bonchev–Trinajstić information content (AvgIpc) is 3.14. The summed E-state index contributed by atoms with van der Waals surface area (Å²) in [5.74, 6) is 0.421. The van der Waals surface area contributed by atoms with Crippen LogP contribution in [0.15, 0.2) is 17.6 Å². The molecule has 0 unspecified atom stereocenters. The van der Waals surface area contributed by atoms with Crippen LogP contribution in [0.2, 0.25) is 0 Å². The number of rotatable bonds is 4. The molecular weight excluding hydrogens is 322 g/mol. The van der Waals surface area contributed by atoms with E-state index in [1.807, 2.05) is 23.1 Å². The molecule has 3 aromatic rings. The van der Waals surface area contributed by atoms with Crippen molar-refractivity contribution < 1.29 is 4.79 Å². The minimum Gasteiger partial charge on any atom is -0.298 e. The molecule has 0 radical (unpaired) electrons. The second-order valence-corrected chi connectivity index (χ2v) is 7.38. The first-order valence-electron chi connectivity index (χ1n) is 8.14. The smallest absolute Gasteiger partial charge is 0.259 e. The number of thiazole rings is 1. The van der Waals surface area contributed by atoms with Crippen LogP contribution in [-0.4, -0.2) is 25.7 Å². The van der Waals surface area contributed by atoms with E-state index >= 15 is 0 Å². The van der Waals surface area contributed by atoms with Crippen LogP contribution < -0.4 is 5.32 Å². The van der Waals surface area contributed by atoms with Gasteiger partial charge in [-0.1, -0.05) is 0 Å². The van der Waals surface area contributed by atoms with Gasteiger partial charge in [-0.3, -0.25) is 10.1 Å². The highest BCUT2D eigenvalue weighted by atomic mass is 32.1. The molecule has 0 aliphatic heterocycles. The normalized spacial score (nSPS) is 14.5. The first kappa shape index (κ1) is 15.3. The number of aryl methyl sites for hydroxylation is 1. The Morgan fingerprint density at radius 3 is 2.88 bits per heavy atom. The molecule has 7 heteroatoms. The molecule has 1 saturated carbocycles. The zero-order valence-corrected chi connectivity index (χ0v) is 14.7. The summed E-state index contributed by atoms with van der Waals surface area (Å²) in [5, 5.41) is 10.8. The molecule has 6 nitrogen and oxygen atoms in total. The van der Waals surface area contributed by atoms with E-state index in [1.165, 1.54) is 24.2 Å². The lowest BCUT2D eigenvalue weighted by Crippen LogP contribution is -2.14. The lowest BCUT2D eigenvalue weighted by Gasteiger charge is -2.09. The summed E-state index contributed by atoms with van der Waals surface area (Å²) in [6, 6.07) is 2.08. The highest BCUT2D eigenvalue weighted by Crippen LogP contribution is 2.40. The number of hydrogen-bond acceptors (Lipinski definition) is 5. The maximum absolute atomic E-state index is 12.6. The molecule has 124 valence electrons. The van der Waals surface area contributed by atoms with Gasteiger partial charge in [0.25, 0.3) is 5.91 Å². The Labute approximate surface area is 143 Å². The number of carbonyl (C=O) groups is 1. The number of nitrogens with zero attached hydrogens (tertiary/aromatic N) is 4. The Hall–Kier alpha value is -2.28. The van der Waals surface area contributed by atoms with Gasteiger partial charge in [0, 0.05) is 22.7 Å². The van der Waals surface area contributed by atoms with E-state index in [4.69, 9.17) is 0 Å². The second-order valence-electron chi connectivity index (χ2n) is 6.52. The van der Waals surface area contributed by atoms with Crippen molar-refractivity contribution in [1.29, 1.82) is 0 Å². The van der Waals surface area contributed by atoms with Gasteiger partial charge in [-0.2, -0.15) is 5.10 Å². The maximum atomic E-state index is 12.6. The molecule has 1 N–H and O–H groups in total. The molecular formula is C17H19N5OS. The number of fused-ring (bicyclic) bond motifs is 1. The topological polar surface area (TPSA) is 72.7 Å². The Bertz CT molecular complexity index is 922. The Kier molecular flexibility index (Phi) is 3.60. The molecule has 1 fully saturated rings. The third kappa shape index (κ3) is 2.69. The highest BCUT2D eigenvalue weighted by molar-refractivity contribution is 7.14. The van der Waals surface area contributed by atoms with E-state index in [1.54, 1.807) is 6.20 Å². The van der Waals surface area contributed by atoms with Crippen LogP contribution in [0.4, 0.5) is 5.13 Å². The van der Waals surface area contributed by atoms with Gasteiger partial charge in [0.1, 0.15) is 0 Å². The molecule has 0 spiro atoms. The van der Waals surface area contributed by atoms with Gasteiger partial charge in [0.2, 0.25) is 0 Å². The van der Waals surface area contributed by atoms with Crippen LogP contribution in [0.1, 0.15) is 60.4 Å². The number of amides is 1. The summed E-state index contributed by atoms with van der Waals surface area (Å²) in [7, 11) is 0. The van der Waals surface area contributed by atoms with Gasteiger partial charge in [0.15, 0.2) is 10.8 Å². The third-order valence-corrected chi connectivity index (χ3v) is 5.01. The number of anilines is 1. The van der Waals surface area contributed by atoms with Gasteiger partial charge in [-0.25, -0.2) is 14.6 Å². The average molecular weight is 341 g/mol. The van der Waals surface area contributed by atoms with Crippen molar-refractivity contribution in [3.05, 3.63) is 34.6 Å². The van der Waals surface area contributed by atoms with Gasteiger partial charge in [-0.15, -0.1) is 11.3 Å². The quantitative estimate of drug-likeness (QED) is 0.781. The molecule has 1 amide bonds. The largest absolute Gasteiger partial charge is 0.298 e. The zero-order chi connectivity index (χ0) is 16.8. The summed E-state index contributed by atoms with van der Waals surface area (Å²) in [6.07, 6.45) is 4.17. The Morgan fingerprint density at radius 2 is 2.17 bits per heavy atom. The van der Waals surface area contributed by atoms with Crippen molar-refractivity contribution in [2.75, 3.05) is 5.32 Å². The van der Waals surface area contributed by atoms with Crippen LogP contribution in [0, 0.1) is 6.92 Å². The highest BCUT2D eigenvalue weighted by Gasteiger charge is 2.26. The van der Waals surface area contributed by atoms with E-state index in [0.717, 1.165) is 16.7 Å². The maximum Gasteiger partial charge on any atom is 0.259 e. The molecule has 0 aromatic carbocycles. The molecule has 0 saturated heterocycles. The molecule has 0 bridgehead atoms. The first-order chi connectivity index (χ1) is 11.5.